The Bertz CT molecular complexity index is 572. The highest BCUT2D eigenvalue weighted by Gasteiger charge is 2.17. The summed E-state index contributed by atoms with van der Waals surface area (Å²) in [5.74, 6) is 0.682. The van der Waals surface area contributed by atoms with E-state index in [1.165, 1.54) is 24.0 Å². The minimum atomic E-state index is -0.0597. The molecule has 2 aromatic rings. The maximum atomic E-state index is 11.8. The normalized spacial score (nSPS) is 16.2. The van der Waals surface area contributed by atoms with Gasteiger partial charge in [0.2, 0.25) is 0 Å². The van der Waals surface area contributed by atoms with Crippen LogP contribution in [0.1, 0.15) is 38.5 Å². The first-order chi connectivity index (χ1) is 10.3. The van der Waals surface area contributed by atoms with Crippen molar-refractivity contribution in [1.29, 1.82) is 0 Å². The summed E-state index contributed by atoms with van der Waals surface area (Å²) in [6, 6.07) is 8.12. The average molecular weight is 321 g/mol. The molecule has 0 bridgehead atoms. The first-order valence-corrected chi connectivity index (χ1v) is 9.29. The first-order valence-electron chi connectivity index (χ1n) is 7.49. The van der Waals surface area contributed by atoms with Crippen molar-refractivity contribution in [3.63, 3.8) is 0 Å². The number of carbonyl (C=O) groups is 1. The van der Waals surface area contributed by atoms with Crippen molar-refractivity contribution >= 4 is 39.3 Å². The molecule has 0 radical (unpaired) electrons. The van der Waals surface area contributed by atoms with Gasteiger partial charge in [0.1, 0.15) is 6.10 Å². The van der Waals surface area contributed by atoms with Crippen molar-refractivity contribution in [2.45, 2.75) is 49.0 Å². The zero-order chi connectivity index (χ0) is 14.5. The SMILES string of the molecule is O=C(CCSc1nc2ccccc2s1)OC1CCCCC1. The third-order valence-corrected chi connectivity index (χ3v) is 5.84. The number of thiazole rings is 1. The van der Waals surface area contributed by atoms with Crippen molar-refractivity contribution in [1.82, 2.24) is 4.98 Å². The smallest absolute Gasteiger partial charge is 0.306 e. The molecule has 5 heteroatoms. The van der Waals surface area contributed by atoms with Gasteiger partial charge in [-0.2, -0.15) is 0 Å². The summed E-state index contributed by atoms with van der Waals surface area (Å²) in [6.07, 6.45) is 6.38. The van der Waals surface area contributed by atoms with E-state index in [0.717, 1.165) is 28.5 Å². The zero-order valence-corrected chi connectivity index (χ0v) is 13.5. The largest absolute Gasteiger partial charge is 0.462 e. The Morgan fingerprint density at radius 2 is 2.10 bits per heavy atom. The maximum absolute atomic E-state index is 11.8. The van der Waals surface area contributed by atoms with Crippen molar-refractivity contribution in [3.05, 3.63) is 24.3 Å². The predicted molar refractivity (Wildman–Crippen MR) is 87.9 cm³/mol. The summed E-state index contributed by atoms with van der Waals surface area (Å²) in [7, 11) is 0. The highest BCUT2D eigenvalue weighted by molar-refractivity contribution is 8.01. The average Bonchev–Trinajstić information content (AvgIpc) is 2.91. The Morgan fingerprint density at radius 3 is 2.90 bits per heavy atom. The molecule has 21 heavy (non-hydrogen) atoms. The van der Waals surface area contributed by atoms with E-state index in [-0.39, 0.29) is 12.1 Å². The molecule has 112 valence electrons. The van der Waals surface area contributed by atoms with E-state index in [0.29, 0.717) is 6.42 Å². The summed E-state index contributed by atoms with van der Waals surface area (Å²) in [6.45, 7) is 0. The van der Waals surface area contributed by atoms with Gasteiger partial charge >= 0.3 is 5.97 Å². The van der Waals surface area contributed by atoms with Crippen LogP contribution in [-0.2, 0) is 9.53 Å². The van der Waals surface area contributed by atoms with E-state index >= 15 is 0 Å². The number of carbonyl (C=O) groups excluding carboxylic acids is 1. The molecule has 1 aliphatic rings. The number of hydrogen-bond donors (Lipinski definition) is 0. The van der Waals surface area contributed by atoms with Gasteiger partial charge < -0.3 is 4.74 Å². The highest BCUT2D eigenvalue weighted by atomic mass is 32.2. The molecule has 1 aromatic heterocycles. The standard InChI is InChI=1S/C16H19NO2S2/c18-15(19-12-6-2-1-3-7-12)10-11-20-16-17-13-8-4-5-9-14(13)21-16/h4-5,8-9,12H,1-3,6-7,10-11H2. The van der Waals surface area contributed by atoms with Gasteiger partial charge in [-0.05, 0) is 37.8 Å². The Hall–Kier alpha value is -1.07. The van der Waals surface area contributed by atoms with Gasteiger partial charge in [-0.3, -0.25) is 4.79 Å². The molecule has 0 N–H and O–H groups in total. The lowest BCUT2D eigenvalue weighted by Gasteiger charge is -2.21. The number of para-hydroxylation sites is 1. The van der Waals surface area contributed by atoms with Gasteiger partial charge in [0.05, 0.1) is 16.6 Å². The van der Waals surface area contributed by atoms with E-state index in [1.807, 2.05) is 18.2 Å². The summed E-state index contributed by atoms with van der Waals surface area (Å²) in [5.41, 5.74) is 1.04. The van der Waals surface area contributed by atoms with Gasteiger partial charge in [0.25, 0.3) is 0 Å². The van der Waals surface area contributed by atoms with E-state index in [2.05, 4.69) is 11.1 Å². The van der Waals surface area contributed by atoms with Crippen molar-refractivity contribution in [2.24, 2.45) is 0 Å². The minimum Gasteiger partial charge on any atom is -0.462 e. The lowest BCUT2D eigenvalue weighted by molar-refractivity contribution is -0.149. The lowest BCUT2D eigenvalue weighted by Crippen LogP contribution is -2.21. The Labute approximate surface area is 133 Å². The Balaban J connectivity index is 1.43. The monoisotopic (exact) mass is 321 g/mol. The van der Waals surface area contributed by atoms with E-state index in [1.54, 1.807) is 23.1 Å². The quantitative estimate of drug-likeness (QED) is 0.593. The number of ether oxygens (including phenoxy) is 1. The van der Waals surface area contributed by atoms with Crippen LogP contribution in [0, 0.1) is 0 Å². The van der Waals surface area contributed by atoms with Gasteiger partial charge in [0.15, 0.2) is 4.34 Å². The van der Waals surface area contributed by atoms with Crippen LogP contribution >= 0.6 is 23.1 Å². The Morgan fingerprint density at radius 1 is 1.29 bits per heavy atom. The third kappa shape index (κ3) is 4.20. The number of rotatable bonds is 5. The molecule has 0 unspecified atom stereocenters. The molecule has 3 rings (SSSR count). The van der Waals surface area contributed by atoms with Gasteiger partial charge in [-0.25, -0.2) is 4.98 Å². The molecule has 0 aliphatic heterocycles. The number of aromatic nitrogens is 1. The number of nitrogens with zero attached hydrogens (tertiary/aromatic N) is 1. The molecule has 0 spiro atoms. The third-order valence-electron chi connectivity index (χ3n) is 3.66. The summed E-state index contributed by atoms with van der Waals surface area (Å²) in [4.78, 5) is 16.4. The van der Waals surface area contributed by atoms with Crippen LogP contribution in [0.5, 0.6) is 0 Å². The molecule has 1 fully saturated rings. The molecule has 1 heterocycles. The lowest BCUT2D eigenvalue weighted by atomic mass is 9.98. The molecule has 1 aliphatic carbocycles. The van der Waals surface area contributed by atoms with Crippen LogP contribution in [0.2, 0.25) is 0 Å². The minimum absolute atomic E-state index is 0.0597. The fourth-order valence-electron chi connectivity index (χ4n) is 2.56. The van der Waals surface area contributed by atoms with Crippen LogP contribution < -0.4 is 0 Å². The van der Waals surface area contributed by atoms with Crippen LogP contribution in [0.25, 0.3) is 10.2 Å². The van der Waals surface area contributed by atoms with E-state index < -0.39 is 0 Å². The molecule has 0 amide bonds. The fraction of sp³-hybridized carbons (Fsp3) is 0.500. The van der Waals surface area contributed by atoms with Crippen molar-refractivity contribution in [3.8, 4) is 0 Å². The van der Waals surface area contributed by atoms with Gasteiger partial charge in [-0.1, -0.05) is 30.3 Å². The molecule has 3 nitrogen and oxygen atoms in total. The number of esters is 1. The number of thioether (sulfide) groups is 1. The Kier molecular flexibility index (Phi) is 5.14. The molecular weight excluding hydrogens is 302 g/mol. The highest BCUT2D eigenvalue weighted by Crippen LogP contribution is 2.29. The second-order valence-corrected chi connectivity index (χ2v) is 7.67. The molecule has 1 saturated carbocycles. The number of hydrogen-bond acceptors (Lipinski definition) is 5. The summed E-state index contributed by atoms with van der Waals surface area (Å²) in [5, 5.41) is 0. The molecule has 1 aromatic carbocycles. The van der Waals surface area contributed by atoms with Gasteiger partial charge in [0, 0.05) is 5.75 Å². The van der Waals surface area contributed by atoms with Crippen LogP contribution in [0.15, 0.2) is 28.6 Å². The zero-order valence-electron chi connectivity index (χ0n) is 11.9. The summed E-state index contributed by atoms with van der Waals surface area (Å²) >= 11 is 3.33. The summed E-state index contributed by atoms with van der Waals surface area (Å²) < 4.78 is 7.75. The van der Waals surface area contributed by atoms with Crippen LogP contribution in [0.3, 0.4) is 0 Å². The van der Waals surface area contributed by atoms with Crippen LogP contribution in [0.4, 0.5) is 0 Å². The second-order valence-electron chi connectivity index (χ2n) is 5.30. The topological polar surface area (TPSA) is 39.2 Å². The number of fused-ring (bicyclic) bond motifs is 1. The van der Waals surface area contributed by atoms with Crippen molar-refractivity contribution < 1.29 is 9.53 Å². The first kappa shape index (κ1) is 14.9. The molecule has 0 atom stereocenters. The number of benzene rings is 1. The molecule has 0 saturated heterocycles. The second kappa shape index (κ2) is 7.27. The van der Waals surface area contributed by atoms with Crippen molar-refractivity contribution in [2.75, 3.05) is 5.75 Å². The van der Waals surface area contributed by atoms with Gasteiger partial charge in [-0.15, -0.1) is 11.3 Å². The fourth-order valence-corrected chi connectivity index (χ4v) is 4.62. The van der Waals surface area contributed by atoms with Crippen LogP contribution in [-0.4, -0.2) is 22.8 Å². The predicted octanol–water partition coefficient (Wildman–Crippen LogP) is 4.65. The maximum Gasteiger partial charge on any atom is 0.306 e. The van der Waals surface area contributed by atoms with E-state index in [9.17, 15) is 4.79 Å². The van der Waals surface area contributed by atoms with E-state index in [4.69, 9.17) is 4.74 Å². The molecular formula is C16H19NO2S2.